The van der Waals surface area contributed by atoms with Crippen molar-refractivity contribution in [3.8, 4) is 0 Å². The van der Waals surface area contributed by atoms with Gasteiger partial charge in [-0.3, -0.25) is 0 Å². The van der Waals surface area contributed by atoms with Crippen molar-refractivity contribution in [2.75, 3.05) is 0 Å². The lowest BCUT2D eigenvalue weighted by Gasteiger charge is -2.23. The highest BCUT2D eigenvalue weighted by atomic mass is 35.5. The third-order valence-corrected chi connectivity index (χ3v) is 4.69. The monoisotopic (exact) mass is 310 g/mol. The van der Waals surface area contributed by atoms with Crippen molar-refractivity contribution in [3.05, 3.63) is 29.0 Å². The van der Waals surface area contributed by atoms with Gasteiger partial charge in [-0.15, -0.1) is 11.6 Å². The summed E-state index contributed by atoms with van der Waals surface area (Å²) in [6, 6.07) is 5.89. The van der Waals surface area contributed by atoms with Crippen molar-refractivity contribution in [3.63, 3.8) is 0 Å². The number of benzene rings is 1. The number of rotatable bonds is 3. The third-order valence-electron chi connectivity index (χ3n) is 4.26. The predicted molar refractivity (Wildman–Crippen MR) is 85.6 cm³/mol. The zero-order valence-corrected chi connectivity index (χ0v) is 13.3. The van der Waals surface area contributed by atoms with Crippen LogP contribution in [0, 0.1) is 5.92 Å². The fourth-order valence-corrected chi connectivity index (χ4v) is 3.57. The van der Waals surface area contributed by atoms with E-state index in [1.54, 1.807) is 0 Å². The Kier molecular flexibility index (Phi) is 4.23. The van der Waals surface area contributed by atoms with E-state index >= 15 is 0 Å². The molecule has 20 heavy (non-hydrogen) atoms. The summed E-state index contributed by atoms with van der Waals surface area (Å²) < 4.78 is 2.29. The van der Waals surface area contributed by atoms with E-state index in [0.29, 0.717) is 0 Å². The Morgan fingerprint density at radius 3 is 2.75 bits per heavy atom. The van der Waals surface area contributed by atoms with Gasteiger partial charge in [0.25, 0.3) is 0 Å². The lowest BCUT2D eigenvalue weighted by Crippen LogP contribution is -2.16. The van der Waals surface area contributed by atoms with E-state index in [-0.39, 0.29) is 5.38 Å². The van der Waals surface area contributed by atoms with Crippen LogP contribution >= 0.6 is 23.2 Å². The molecule has 1 aromatic carbocycles. The number of alkyl halides is 1. The molecule has 1 aromatic heterocycles. The van der Waals surface area contributed by atoms with Gasteiger partial charge < -0.3 is 4.57 Å². The first kappa shape index (κ1) is 14.2. The minimum absolute atomic E-state index is 0.0789. The van der Waals surface area contributed by atoms with Gasteiger partial charge >= 0.3 is 0 Å². The molecule has 0 aliphatic heterocycles. The third kappa shape index (κ3) is 2.82. The van der Waals surface area contributed by atoms with Gasteiger partial charge in [-0.05, 0) is 43.9 Å². The number of aromatic nitrogens is 2. The fourth-order valence-electron chi connectivity index (χ4n) is 3.24. The van der Waals surface area contributed by atoms with Crippen LogP contribution in [-0.2, 0) is 6.54 Å². The first-order chi connectivity index (χ1) is 9.65. The topological polar surface area (TPSA) is 17.8 Å². The molecule has 0 radical (unpaired) electrons. The van der Waals surface area contributed by atoms with Crippen molar-refractivity contribution in [1.82, 2.24) is 9.55 Å². The molecule has 3 rings (SSSR count). The average Bonchev–Trinajstić information content (AvgIpc) is 2.78. The van der Waals surface area contributed by atoms with Gasteiger partial charge in [0.2, 0.25) is 0 Å². The maximum absolute atomic E-state index is 6.32. The number of hydrogen-bond donors (Lipinski definition) is 0. The molecule has 1 aliphatic carbocycles. The molecule has 1 atom stereocenters. The van der Waals surface area contributed by atoms with Crippen LogP contribution in [0.25, 0.3) is 11.0 Å². The molecule has 1 fully saturated rings. The van der Waals surface area contributed by atoms with E-state index in [1.807, 2.05) is 25.1 Å². The Bertz CT molecular complexity index is 598. The molecule has 1 aliphatic rings. The minimum atomic E-state index is -0.0789. The van der Waals surface area contributed by atoms with Crippen LogP contribution in [0.5, 0.6) is 0 Å². The SMILES string of the molecule is CC(Cl)c1nc2ccc(Cl)cc2n1CC1CCCCC1. The number of fused-ring (bicyclic) bond motifs is 1. The smallest absolute Gasteiger partial charge is 0.127 e. The van der Waals surface area contributed by atoms with Gasteiger partial charge in [0.05, 0.1) is 16.4 Å². The van der Waals surface area contributed by atoms with E-state index in [0.717, 1.165) is 34.3 Å². The van der Waals surface area contributed by atoms with Gasteiger partial charge in [0.15, 0.2) is 0 Å². The predicted octanol–water partition coefficient (Wildman–Crippen LogP) is 5.57. The van der Waals surface area contributed by atoms with E-state index < -0.39 is 0 Å². The summed E-state index contributed by atoms with van der Waals surface area (Å²) in [6.45, 7) is 3.00. The highest BCUT2D eigenvalue weighted by Crippen LogP contribution is 2.31. The van der Waals surface area contributed by atoms with Gasteiger partial charge in [-0.2, -0.15) is 0 Å². The summed E-state index contributed by atoms with van der Waals surface area (Å²) in [6.07, 6.45) is 6.71. The van der Waals surface area contributed by atoms with Gasteiger partial charge in [0.1, 0.15) is 5.82 Å². The Balaban J connectivity index is 2.01. The zero-order valence-electron chi connectivity index (χ0n) is 11.8. The second-order valence-corrected chi connectivity index (χ2v) is 6.92. The molecule has 0 saturated heterocycles. The standard InChI is InChI=1S/C16H20Cl2N2/c1-11(17)16-19-14-8-7-13(18)9-15(14)20(16)10-12-5-3-2-4-6-12/h7-9,11-12H,2-6,10H2,1H3. The minimum Gasteiger partial charge on any atom is -0.326 e. The largest absolute Gasteiger partial charge is 0.326 e. The highest BCUT2D eigenvalue weighted by molar-refractivity contribution is 6.31. The first-order valence-corrected chi connectivity index (χ1v) is 8.26. The maximum Gasteiger partial charge on any atom is 0.127 e. The summed E-state index contributed by atoms with van der Waals surface area (Å²) in [5, 5.41) is 0.681. The molecule has 1 heterocycles. The Morgan fingerprint density at radius 2 is 2.05 bits per heavy atom. The molecule has 0 amide bonds. The Labute approximate surface area is 130 Å². The molecule has 0 N–H and O–H groups in total. The van der Waals surface area contributed by atoms with Crippen molar-refractivity contribution in [2.24, 2.45) is 5.92 Å². The second-order valence-electron chi connectivity index (χ2n) is 5.83. The molecular formula is C16H20Cl2N2. The molecule has 2 nitrogen and oxygen atoms in total. The molecule has 4 heteroatoms. The summed E-state index contributed by atoms with van der Waals surface area (Å²) >= 11 is 12.5. The number of hydrogen-bond acceptors (Lipinski definition) is 1. The molecule has 108 valence electrons. The second kappa shape index (κ2) is 5.95. The normalized spacial score (nSPS) is 18.6. The molecule has 0 bridgehead atoms. The summed E-state index contributed by atoms with van der Waals surface area (Å²) in [4.78, 5) is 4.69. The summed E-state index contributed by atoms with van der Waals surface area (Å²) in [5.41, 5.74) is 2.11. The van der Waals surface area contributed by atoms with Crippen molar-refractivity contribution < 1.29 is 0 Å². The van der Waals surface area contributed by atoms with Crippen LogP contribution in [0.4, 0.5) is 0 Å². The van der Waals surface area contributed by atoms with Gasteiger partial charge in [0, 0.05) is 11.6 Å². The summed E-state index contributed by atoms with van der Waals surface area (Å²) in [5.74, 6) is 1.71. The zero-order chi connectivity index (χ0) is 14.1. The van der Waals surface area contributed by atoms with Crippen molar-refractivity contribution >= 4 is 34.2 Å². The number of halogens is 2. The molecule has 0 spiro atoms. The lowest BCUT2D eigenvalue weighted by molar-refractivity contribution is 0.319. The van der Waals surface area contributed by atoms with Crippen LogP contribution in [0.15, 0.2) is 18.2 Å². The Morgan fingerprint density at radius 1 is 1.30 bits per heavy atom. The van der Waals surface area contributed by atoms with E-state index in [4.69, 9.17) is 28.2 Å². The summed E-state index contributed by atoms with van der Waals surface area (Å²) in [7, 11) is 0. The van der Waals surface area contributed by atoms with Gasteiger partial charge in [-0.25, -0.2) is 4.98 Å². The first-order valence-electron chi connectivity index (χ1n) is 7.45. The number of imidazole rings is 1. The lowest BCUT2D eigenvalue weighted by atomic mass is 9.89. The van der Waals surface area contributed by atoms with Crippen molar-refractivity contribution in [2.45, 2.75) is 50.9 Å². The van der Waals surface area contributed by atoms with E-state index in [9.17, 15) is 0 Å². The quantitative estimate of drug-likeness (QED) is 0.678. The van der Waals surface area contributed by atoms with Crippen molar-refractivity contribution in [1.29, 1.82) is 0 Å². The molecule has 1 unspecified atom stereocenters. The average molecular weight is 311 g/mol. The van der Waals surface area contributed by atoms with E-state index in [2.05, 4.69) is 4.57 Å². The highest BCUT2D eigenvalue weighted by Gasteiger charge is 2.20. The molecular weight excluding hydrogens is 291 g/mol. The molecule has 1 saturated carbocycles. The van der Waals surface area contributed by atoms with Crippen LogP contribution in [0.2, 0.25) is 5.02 Å². The molecule has 2 aromatic rings. The van der Waals surface area contributed by atoms with Crippen LogP contribution < -0.4 is 0 Å². The fraction of sp³-hybridized carbons (Fsp3) is 0.562. The van der Waals surface area contributed by atoms with Crippen LogP contribution in [0.3, 0.4) is 0 Å². The number of nitrogens with zero attached hydrogens (tertiary/aromatic N) is 2. The Hall–Kier alpha value is -0.730. The van der Waals surface area contributed by atoms with Crippen LogP contribution in [-0.4, -0.2) is 9.55 Å². The van der Waals surface area contributed by atoms with E-state index in [1.165, 1.54) is 32.1 Å². The van der Waals surface area contributed by atoms with Gasteiger partial charge in [-0.1, -0.05) is 30.9 Å². The van der Waals surface area contributed by atoms with Crippen LogP contribution in [0.1, 0.15) is 50.2 Å². The maximum atomic E-state index is 6.32.